The van der Waals surface area contributed by atoms with Gasteiger partial charge in [0.25, 0.3) is 0 Å². The molecular weight excluding hydrogens is 350 g/mol. The molecule has 1 saturated heterocycles. The molecule has 0 spiro atoms. The van der Waals surface area contributed by atoms with Crippen molar-refractivity contribution >= 4 is 11.9 Å². The van der Waals surface area contributed by atoms with Gasteiger partial charge in [-0.25, -0.2) is 4.79 Å². The van der Waals surface area contributed by atoms with E-state index in [0.29, 0.717) is 18.5 Å². The first kappa shape index (κ1) is 22.4. The smallest absolute Gasteiger partial charge is 0.410 e. The van der Waals surface area contributed by atoms with Crippen molar-refractivity contribution in [2.45, 2.75) is 97.1 Å². The van der Waals surface area contributed by atoms with Crippen molar-refractivity contribution in [3.63, 3.8) is 0 Å². The third kappa shape index (κ3) is 6.96. The molecule has 1 aromatic carbocycles. The predicted octanol–water partition coefficient (Wildman–Crippen LogP) is 6.17. The summed E-state index contributed by atoms with van der Waals surface area (Å²) >= 11 is 0. The summed E-state index contributed by atoms with van der Waals surface area (Å²) in [6, 6.07) is 7.55. The molecule has 0 aromatic heterocycles. The van der Waals surface area contributed by atoms with Crippen LogP contribution in [0, 0.1) is 0 Å². The average Bonchev–Trinajstić information content (AvgIpc) is 3.13. The highest BCUT2D eigenvalue weighted by molar-refractivity contribution is 6.01. The molecule has 0 N–H and O–H groups in total. The number of likely N-dealkylation sites (tertiary alicyclic amines) is 1. The summed E-state index contributed by atoms with van der Waals surface area (Å²) in [4.78, 5) is 27.0. The topological polar surface area (TPSA) is 46.6 Å². The van der Waals surface area contributed by atoms with Gasteiger partial charge in [-0.1, -0.05) is 63.3 Å². The van der Waals surface area contributed by atoms with E-state index in [1.54, 1.807) is 4.90 Å². The standard InChI is InChI=1S/C24H37NO3/c1-5-6-7-8-9-10-12-19-14-16-20(17-15-19)22(26)21-13-11-18-25(21)23(27)28-24(2,3)4/h14-17,21H,5-13,18H2,1-4H3/t21-/m0/s1. The van der Waals surface area contributed by atoms with Gasteiger partial charge in [-0.15, -0.1) is 0 Å². The largest absolute Gasteiger partial charge is 0.444 e. The molecule has 1 amide bonds. The Balaban J connectivity index is 1.88. The Morgan fingerprint density at radius 2 is 1.68 bits per heavy atom. The Hall–Kier alpha value is -1.84. The van der Waals surface area contributed by atoms with Crippen LogP contribution in [0.3, 0.4) is 0 Å². The van der Waals surface area contributed by atoms with Gasteiger partial charge in [0.2, 0.25) is 0 Å². The van der Waals surface area contributed by atoms with Gasteiger partial charge >= 0.3 is 6.09 Å². The number of carbonyl (C=O) groups is 2. The van der Waals surface area contributed by atoms with Gasteiger partial charge in [0.05, 0.1) is 6.04 Å². The first-order valence-corrected chi connectivity index (χ1v) is 10.9. The minimum atomic E-state index is -0.550. The van der Waals surface area contributed by atoms with Crippen molar-refractivity contribution in [3.05, 3.63) is 35.4 Å². The minimum absolute atomic E-state index is 0.0227. The van der Waals surface area contributed by atoms with Gasteiger partial charge in [0, 0.05) is 12.1 Å². The van der Waals surface area contributed by atoms with Crippen molar-refractivity contribution < 1.29 is 14.3 Å². The number of ketones is 1. The predicted molar refractivity (Wildman–Crippen MR) is 114 cm³/mol. The number of nitrogens with zero attached hydrogens (tertiary/aromatic N) is 1. The van der Waals surface area contributed by atoms with Gasteiger partial charge in [-0.05, 0) is 52.0 Å². The van der Waals surface area contributed by atoms with Crippen LogP contribution in [0.1, 0.15) is 95.0 Å². The minimum Gasteiger partial charge on any atom is -0.444 e. The molecule has 0 radical (unpaired) electrons. The molecule has 0 unspecified atom stereocenters. The highest BCUT2D eigenvalue weighted by atomic mass is 16.6. The summed E-state index contributed by atoms with van der Waals surface area (Å²) in [5.74, 6) is 0.0227. The first-order chi connectivity index (χ1) is 13.3. The number of Topliss-reactive ketones (excluding diaryl/α,β-unsaturated/α-hetero) is 1. The van der Waals surface area contributed by atoms with E-state index in [-0.39, 0.29) is 11.9 Å². The normalized spacial score (nSPS) is 17.0. The second-order valence-corrected chi connectivity index (χ2v) is 8.91. The summed E-state index contributed by atoms with van der Waals surface area (Å²) < 4.78 is 5.47. The number of unbranched alkanes of at least 4 members (excludes halogenated alkanes) is 5. The summed E-state index contributed by atoms with van der Waals surface area (Å²) in [6.07, 6.45) is 9.95. The lowest BCUT2D eigenvalue weighted by molar-refractivity contribution is 0.0222. The number of amides is 1. The van der Waals surface area contributed by atoms with Crippen molar-refractivity contribution in [1.82, 2.24) is 4.90 Å². The summed E-state index contributed by atoms with van der Waals surface area (Å²) in [7, 11) is 0. The molecule has 2 rings (SSSR count). The van der Waals surface area contributed by atoms with Crippen molar-refractivity contribution in [2.75, 3.05) is 6.54 Å². The molecule has 156 valence electrons. The van der Waals surface area contributed by atoms with Crippen LogP contribution in [0.5, 0.6) is 0 Å². The van der Waals surface area contributed by atoms with Gasteiger partial charge in [0.15, 0.2) is 5.78 Å². The van der Waals surface area contributed by atoms with Crippen LogP contribution in [-0.2, 0) is 11.2 Å². The zero-order chi connectivity index (χ0) is 20.6. The van der Waals surface area contributed by atoms with E-state index < -0.39 is 11.6 Å². The van der Waals surface area contributed by atoms with Crippen molar-refractivity contribution in [2.24, 2.45) is 0 Å². The third-order valence-corrected chi connectivity index (χ3v) is 5.24. The number of carbonyl (C=O) groups excluding carboxylic acids is 2. The third-order valence-electron chi connectivity index (χ3n) is 5.24. The second kappa shape index (κ2) is 10.6. The average molecular weight is 388 g/mol. The van der Waals surface area contributed by atoms with Gasteiger partial charge in [-0.3, -0.25) is 9.69 Å². The molecule has 0 bridgehead atoms. The van der Waals surface area contributed by atoms with Crippen LogP contribution in [0.15, 0.2) is 24.3 Å². The van der Waals surface area contributed by atoms with E-state index in [0.717, 1.165) is 12.8 Å². The van der Waals surface area contributed by atoms with Gasteiger partial charge in [0.1, 0.15) is 5.60 Å². The Morgan fingerprint density at radius 1 is 1.04 bits per heavy atom. The van der Waals surface area contributed by atoms with Crippen LogP contribution in [0.2, 0.25) is 0 Å². The highest BCUT2D eigenvalue weighted by Crippen LogP contribution is 2.24. The Labute approximate surface area is 170 Å². The van der Waals surface area contributed by atoms with Gasteiger partial charge in [-0.2, -0.15) is 0 Å². The van der Waals surface area contributed by atoms with E-state index in [9.17, 15) is 9.59 Å². The molecule has 4 heteroatoms. The fourth-order valence-corrected chi connectivity index (χ4v) is 3.72. The molecule has 0 aliphatic carbocycles. The van der Waals surface area contributed by atoms with E-state index in [2.05, 4.69) is 19.1 Å². The van der Waals surface area contributed by atoms with E-state index in [4.69, 9.17) is 4.74 Å². The van der Waals surface area contributed by atoms with E-state index in [1.165, 1.54) is 44.1 Å². The Bertz CT molecular complexity index is 630. The number of rotatable bonds is 9. The highest BCUT2D eigenvalue weighted by Gasteiger charge is 2.36. The number of hydrogen-bond donors (Lipinski definition) is 0. The molecule has 1 aromatic rings. The fourth-order valence-electron chi connectivity index (χ4n) is 3.72. The zero-order valence-corrected chi connectivity index (χ0v) is 18.1. The SMILES string of the molecule is CCCCCCCCc1ccc(C(=O)[C@@H]2CCCN2C(=O)OC(C)(C)C)cc1. The Kier molecular flexibility index (Phi) is 8.53. The maximum atomic E-state index is 13.0. The zero-order valence-electron chi connectivity index (χ0n) is 18.1. The molecule has 1 heterocycles. The summed E-state index contributed by atoms with van der Waals surface area (Å²) in [5.41, 5.74) is 1.42. The van der Waals surface area contributed by atoms with Crippen LogP contribution < -0.4 is 0 Å². The van der Waals surface area contributed by atoms with Crippen molar-refractivity contribution in [3.8, 4) is 0 Å². The molecule has 1 aliphatic rings. The molecule has 0 saturated carbocycles. The molecule has 28 heavy (non-hydrogen) atoms. The number of aryl methyl sites for hydroxylation is 1. The molecule has 1 fully saturated rings. The lowest BCUT2D eigenvalue weighted by Gasteiger charge is -2.28. The maximum absolute atomic E-state index is 13.0. The fraction of sp³-hybridized carbons (Fsp3) is 0.667. The summed E-state index contributed by atoms with van der Waals surface area (Å²) in [5, 5.41) is 0. The van der Waals surface area contributed by atoms with E-state index in [1.807, 2.05) is 32.9 Å². The molecule has 1 aliphatic heterocycles. The van der Waals surface area contributed by atoms with Crippen LogP contribution >= 0.6 is 0 Å². The number of ether oxygens (including phenoxy) is 1. The Morgan fingerprint density at radius 3 is 2.32 bits per heavy atom. The van der Waals surface area contributed by atoms with Gasteiger partial charge < -0.3 is 4.74 Å². The number of benzene rings is 1. The molecule has 1 atom stereocenters. The second-order valence-electron chi connectivity index (χ2n) is 8.91. The quantitative estimate of drug-likeness (QED) is 0.376. The van der Waals surface area contributed by atoms with Crippen LogP contribution in [0.4, 0.5) is 4.79 Å². The van der Waals surface area contributed by atoms with Crippen LogP contribution in [-0.4, -0.2) is 35.0 Å². The lowest BCUT2D eigenvalue weighted by Crippen LogP contribution is -2.43. The van der Waals surface area contributed by atoms with Crippen LogP contribution in [0.25, 0.3) is 0 Å². The molecular formula is C24H37NO3. The van der Waals surface area contributed by atoms with Crippen molar-refractivity contribution in [1.29, 1.82) is 0 Å². The number of hydrogen-bond acceptors (Lipinski definition) is 3. The first-order valence-electron chi connectivity index (χ1n) is 10.9. The molecule has 4 nitrogen and oxygen atoms in total. The maximum Gasteiger partial charge on any atom is 0.410 e. The lowest BCUT2D eigenvalue weighted by atomic mass is 9.99. The summed E-state index contributed by atoms with van der Waals surface area (Å²) in [6.45, 7) is 8.36. The van der Waals surface area contributed by atoms with E-state index >= 15 is 0 Å². The monoisotopic (exact) mass is 387 g/mol.